The molecule has 8 rings (SSSR count). The Hall–Kier alpha value is -6.18. The number of benzene rings is 2. The van der Waals surface area contributed by atoms with Crippen molar-refractivity contribution in [1.82, 2.24) is 40.4 Å². The number of rotatable bonds is 11. The maximum atomic E-state index is 13.9. The van der Waals surface area contributed by atoms with Gasteiger partial charge in [-0.25, -0.2) is 19.6 Å². The predicted octanol–water partition coefficient (Wildman–Crippen LogP) is 7.92. The van der Waals surface area contributed by atoms with E-state index in [-0.39, 0.29) is 29.7 Å². The monoisotopic (exact) mass is 828 g/mol. The summed E-state index contributed by atoms with van der Waals surface area (Å²) < 4.78 is 9.61. The fourth-order valence-electron chi connectivity index (χ4n) is 9.79. The molecule has 61 heavy (non-hydrogen) atoms. The summed E-state index contributed by atoms with van der Waals surface area (Å²) in [5.41, 5.74) is 11.2. The molecule has 14 heteroatoms. The Kier molecular flexibility index (Phi) is 11.4. The van der Waals surface area contributed by atoms with E-state index in [2.05, 4.69) is 63.1 Å². The normalized spacial score (nSPS) is 21.3. The van der Waals surface area contributed by atoms with Gasteiger partial charge in [0.2, 0.25) is 11.8 Å². The molecular formula is C47H56N8O6. The van der Waals surface area contributed by atoms with E-state index in [0.717, 1.165) is 52.1 Å². The minimum absolute atomic E-state index is 0.136. The van der Waals surface area contributed by atoms with E-state index >= 15 is 0 Å². The van der Waals surface area contributed by atoms with E-state index in [4.69, 9.17) is 19.4 Å². The van der Waals surface area contributed by atoms with Crippen molar-refractivity contribution in [2.45, 2.75) is 96.8 Å². The molecule has 0 radical (unpaired) electrons. The van der Waals surface area contributed by atoms with Crippen LogP contribution in [0.3, 0.4) is 0 Å². The van der Waals surface area contributed by atoms with Gasteiger partial charge in [0, 0.05) is 18.7 Å². The van der Waals surface area contributed by atoms with E-state index < -0.39 is 30.3 Å². The van der Waals surface area contributed by atoms with Crippen molar-refractivity contribution in [3.63, 3.8) is 0 Å². The Morgan fingerprint density at radius 2 is 1.10 bits per heavy atom. The average molecular weight is 829 g/mol. The Labute approximate surface area is 356 Å². The summed E-state index contributed by atoms with van der Waals surface area (Å²) in [5.74, 6) is 1.67. The zero-order valence-electron chi connectivity index (χ0n) is 36.2. The number of carbonyl (C=O) groups excluding carboxylic acids is 4. The molecule has 1 fully saturated rings. The number of carbonyl (C=O) groups is 4. The highest BCUT2D eigenvalue weighted by molar-refractivity contribution is 5.88. The molecule has 4 amide bonds. The summed E-state index contributed by atoms with van der Waals surface area (Å²) in [6.07, 6.45) is 10.00. The van der Waals surface area contributed by atoms with E-state index in [0.29, 0.717) is 36.6 Å². The van der Waals surface area contributed by atoms with Crippen molar-refractivity contribution in [3.8, 4) is 33.6 Å². The minimum Gasteiger partial charge on any atom is -0.453 e. The van der Waals surface area contributed by atoms with Crippen LogP contribution < -0.4 is 10.6 Å². The second kappa shape index (κ2) is 16.7. The number of nitrogens with zero attached hydrogens (tertiary/aromatic N) is 4. The summed E-state index contributed by atoms with van der Waals surface area (Å²) in [7, 11) is 2.58. The zero-order chi connectivity index (χ0) is 43.3. The molecule has 4 aliphatic rings. The van der Waals surface area contributed by atoms with Crippen LogP contribution in [0.1, 0.15) is 108 Å². The summed E-state index contributed by atoms with van der Waals surface area (Å²) in [6, 6.07) is 10.8. The van der Waals surface area contributed by atoms with Crippen molar-refractivity contribution >= 4 is 24.0 Å². The molecule has 0 spiro atoms. The molecule has 14 nitrogen and oxygen atoms in total. The standard InChI is InChI=1S/C47H56N8O6/c1-24(2)40(52-46(58)60-7)44(56)54-22-26(5)17-36(54)42-48-20-34(50-42)29-11-9-28(10-12-29)32-15-16-33(39-31-14-13-30(19-31)38(32)39)35-21-49-43(51-35)37-18-27(6)23-55(37)45(57)41(25(3)4)53-47(59)61-8/h9-12,15-18,20-21,24-25,30-31,36-37,40-41H,13-14,19,22-23H2,1-8H3,(H,48,50)(H,49,51)(H,52,58)(H,53,59)/t30?,31?,36-,37-,40-,41-/m0/s1. The van der Waals surface area contributed by atoms with E-state index in [1.165, 1.54) is 37.3 Å². The van der Waals surface area contributed by atoms with Crippen LogP contribution in [0.4, 0.5) is 9.59 Å². The molecule has 2 aromatic heterocycles. The lowest BCUT2D eigenvalue weighted by molar-refractivity contribution is -0.135. The highest BCUT2D eigenvalue weighted by Gasteiger charge is 2.42. The maximum Gasteiger partial charge on any atom is 0.407 e. The number of H-pyrrole nitrogens is 2. The van der Waals surface area contributed by atoms with Gasteiger partial charge in [-0.05, 0) is 84.6 Å². The van der Waals surface area contributed by atoms with Crippen LogP contribution in [0.15, 0.2) is 72.1 Å². The highest BCUT2D eigenvalue weighted by Crippen LogP contribution is 2.58. The van der Waals surface area contributed by atoms with Crippen molar-refractivity contribution < 1.29 is 28.7 Å². The number of alkyl carbamates (subject to hydrolysis) is 2. The maximum absolute atomic E-state index is 13.9. The van der Waals surface area contributed by atoms with Crippen LogP contribution in [0.25, 0.3) is 33.6 Å². The van der Waals surface area contributed by atoms with Gasteiger partial charge < -0.3 is 39.9 Å². The SMILES string of the molecule is COC(=O)N[C@H](C(=O)N1CC(C)=C[C@H]1c1ncc(-c2ccc(-c3ccc(-c4cnc([C@@H]5C=C(C)CN5C(=O)[C@@H](NC(=O)OC)C(C)C)[nH]4)c4c3C3CCC4C3)cc2)[nH]1)C(C)C. The van der Waals surface area contributed by atoms with Crippen LogP contribution in [0.5, 0.6) is 0 Å². The third kappa shape index (κ3) is 7.83. The fraction of sp³-hybridized carbons (Fsp3) is 0.447. The lowest BCUT2D eigenvalue weighted by Crippen LogP contribution is -2.51. The number of hydrogen-bond donors (Lipinski definition) is 4. The van der Waals surface area contributed by atoms with Crippen molar-refractivity contribution in [1.29, 1.82) is 0 Å². The van der Waals surface area contributed by atoms with Crippen LogP contribution >= 0.6 is 0 Å². The van der Waals surface area contributed by atoms with E-state index in [9.17, 15) is 19.2 Å². The van der Waals surface area contributed by atoms with Crippen molar-refractivity contribution in [2.24, 2.45) is 11.8 Å². The molecule has 320 valence electrons. The Morgan fingerprint density at radius 1 is 0.656 bits per heavy atom. The summed E-state index contributed by atoms with van der Waals surface area (Å²) >= 11 is 0. The number of ether oxygens (including phenoxy) is 2. The van der Waals surface area contributed by atoms with Gasteiger partial charge in [-0.3, -0.25) is 9.59 Å². The first-order valence-corrected chi connectivity index (χ1v) is 21.3. The van der Waals surface area contributed by atoms with Gasteiger partial charge in [-0.1, -0.05) is 87.4 Å². The van der Waals surface area contributed by atoms with Gasteiger partial charge in [0.25, 0.3) is 0 Å². The van der Waals surface area contributed by atoms with Gasteiger partial charge in [-0.2, -0.15) is 0 Å². The second-order valence-corrected chi connectivity index (χ2v) is 17.7. The van der Waals surface area contributed by atoms with Gasteiger partial charge in [0.1, 0.15) is 35.8 Å². The Bertz CT molecular complexity index is 2410. The summed E-state index contributed by atoms with van der Waals surface area (Å²) in [6.45, 7) is 12.5. The quantitative estimate of drug-likeness (QED) is 0.110. The molecule has 2 aliphatic carbocycles. The molecule has 2 bridgehead atoms. The van der Waals surface area contributed by atoms with Crippen LogP contribution in [0.2, 0.25) is 0 Å². The first-order valence-electron chi connectivity index (χ1n) is 21.3. The summed E-state index contributed by atoms with van der Waals surface area (Å²) in [5, 5.41) is 5.43. The smallest absolute Gasteiger partial charge is 0.407 e. The number of imidazole rings is 2. The molecule has 2 aromatic carbocycles. The third-order valence-corrected chi connectivity index (χ3v) is 12.8. The fourth-order valence-corrected chi connectivity index (χ4v) is 9.79. The second-order valence-electron chi connectivity index (χ2n) is 17.7. The van der Waals surface area contributed by atoms with Gasteiger partial charge in [0.15, 0.2) is 0 Å². The third-order valence-electron chi connectivity index (χ3n) is 12.8. The molecule has 4 aromatic rings. The molecule has 4 heterocycles. The molecule has 1 saturated carbocycles. The Balaban J connectivity index is 1.03. The molecule has 2 aliphatic heterocycles. The number of amides is 4. The number of aromatic nitrogens is 4. The van der Waals surface area contributed by atoms with Crippen LogP contribution in [-0.4, -0.2) is 93.1 Å². The largest absolute Gasteiger partial charge is 0.453 e. The lowest BCUT2D eigenvalue weighted by Gasteiger charge is -2.30. The van der Waals surface area contributed by atoms with Crippen molar-refractivity contribution in [2.75, 3.05) is 27.3 Å². The molecular weight excluding hydrogens is 773 g/mol. The predicted molar refractivity (Wildman–Crippen MR) is 231 cm³/mol. The molecule has 2 unspecified atom stereocenters. The summed E-state index contributed by atoms with van der Waals surface area (Å²) in [4.78, 5) is 72.0. The minimum atomic E-state index is -0.734. The molecule has 4 N–H and O–H groups in total. The van der Waals surface area contributed by atoms with Crippen molar-refractivity contribution in [3.05, 3.63) is 94.9 Å². The Morgan fingerprint density at radius 3 is 1.59 bits per heavy atom. The van der Waals surface area contributed by atoms with Gasteiger partial charge in [-0.15, -0.1) is 0 Å². The first-order chi connectivity index (χ1) is 29.3. The lowest BCUT2D eigenvalue weighted by atomic mass is 9.82. The van der Waals surface area contributed by atoms with Gasteiger partial charge in [0.05, 0.1) is 38.0 Å². The number of nitrogens with one attached hydrogen (secondary N) is 4. The van der Waals surface area contributed by atoms with E-state index in [1.54, 1.807) is 9.80 Å². The van der Waals surface area contributed by atoms with Gasteiger partial charge >= 0.3 is 12.2 Å². The first kappa shape index (κ1) is 41.5. The van der Waals surface area contributed by atoms with E-state index in [1.807, 2.05) is 60.0 Å². The number of aromatic amines is 2. The number of hydrogen-bond acceptors (Lipinski definition) is 8. The molecule has 6 atom stereocenters. The highest BCUT2D eigenvalue weighted by atomic mass is 16.5. The topological polar surface area (TPSA) is 175 Å². The average Bonchev–Trinajstić information content (AvgIpc) is 4.12. The van der Waals surface area contributed by atoms with Crippen LogP contribution in [-0.2, 0) is 19.1 Å². The molecule has 0 saturated heterocycles. The van der Waals surface area contributed by atoms with Crippen LogP contribution in [0, 0.1) is 11.8 Å². The number of fused-ring (bicyclic) bond motifs is 5. The zero-order valence-corrected chi connectivity index (χ0v) is 36.2. The number of methoxy groups -OCH3 is 2.